The summed E-state index contributed by atoms with van der Waals surface area (Å²) in [5, 5.41) is 21.9. The molecule has 0 N–H and O–H groups in total. The van der Waals surface area contributed by atoms with Crippen LogP contribution in [0.4, 0.5) is 0 Å². The maximum absolute atomic E-state index is 12.6. The molecule has 0 radical (unpaired) electrons. The number of ether oxygens (including phenoxy) is 2. The molecule has 0 aromatic heterocycles. The number of aliphatic carboxylic acids is 2. The van der Waals surface area contributed by atoms with Crippen LogP contribution in [-0.2, 0) is 14.4 Å². The van der Waals surface area contributed by atoms with Gasteiger partial charge in [0.15, 0.2) is 11.5 Å². The van der Waals surface area contributed by atoms with Gasteiger partial charge in [0, 0.05) is 5.97 Å². The molecule has 1 aromatic carbocycles. The monoisotopic (exact) mass is 393 g/mol. The summed E-state index contributed by atoms with van der Waals surface area (Å²) in [6.45, 7) is 0.118. The van der Waals surface area contributed by atoms with Crippen molar-refractivity contribution in [1.82, 2.24) is 4.90 Å². The molecule has 2 aliphatic rings. The number of fused-ring (bicyclic) bond motifs is 1. The molecule has 8 nitrogen and oxygen atoms in total. The average Bonchev–Trinajstić information content (AvgIpc) is 3.13. The Labute approximate surface area is 157 Å². The zero-order valence-electron chi connectivity index (χ0n) is 13.1. The van der Waals surface area contributed by atoms with Gasteiger partial charge in [0.2, 0.25) is 6.79 Å². The van der Waals surface area contributed by atoms with E-state index in [-0.39, 0.29) is 22.4 Å². The van der Waals surface area contributed by atoms with E-state index in [1.807, 2.05) is 0 Å². The first-order chi connectivity index (χ1) is 12.4. The van der Waals surface area contributed by atoms with Crippen molar-refractivity contribution in [3.8, 4) is 11.5 Å². The fourth-order valence-corrected chi connectivity index (χ4v) is 3.87. The maximum Gasteiger partial charge on any atom is 0.266 e. The molecule has 26 heavy (non-hydrogen) atoms. The fourth-order valence-electron chi connectivity index (χ4n) is 2.51. The number of thioether (sulfide) groups is 1. The van der Waals surface area contributed by atoms with E-state index in [0.29, 0.717) is 17.1 Å². The van der Waals surface area contributed by atoms with E-state index in [2.05, 4.69) is 0 Å². The van der Waals surface area contributed by atoms with Crippen LogP contribution in [0.25, 0.3) is 6.08 Å². The first-order valence-corrected chi connectivity index (χ1v) is 8.66. The van der Waals surface area contributed by atoms with Gasteiger partial charge in [-0.2, -0.15) is 0 Å². The van der Waals surface area contributed by atoms with Crippen molar-refractivity contribution in [2.75, 3.05) is 6.79 Å². The van der Waals surface area contributed by atoms with Gasteiger partial charge in [0.05, 0.1) is 16.9 Å². The lowest BCUT2D eigenvalue weighted by molar-refractivity contribution is -0.311. The SMILES string of the molecule is O=C([O-])CC[C@H](C(=O)[O-])N1C(=O)/C(=C/c2ccc3c(c2)OCO3)SC1=S. The Morgan fingerprint density at radius 2 is 2.04 bits per heavy atom. The van der Waals surface area contributed by atoms with Gasteiger partial charge in [0.1, 0.15) is 4.32 Å². The predicted molar refractivity (Wildman–Crippen MR) is 90.6 cm³/mol. The normalized spacial score (nSPS) is 18.5. The molecular weight excluding hydrogens is 382 g/mol. The second-order valence-electron chi connectivity index (χ2n) is 5.41. The number of nitrogens with zero attached hydrogens (tertiary/aromatic N) is 1. The summed E-state index contributed by atoms with van der Waals surface area (Å²) < 4.78 is 10.5. The minimum absolute atomic E-state index is 0.0227. The van der Waals surface area contributed by atoms with E-state index in [1.54, 1.807) is 24.3 Å². The summed E-state index contributed by atoms with van der Waals surface area (Å²) in [6.07, 6.45) is 0.664. The van der Waals surface area contributed by atoms with E-state index in [1.165, 1.54) is 0 Å². The number of carboxylic acids is 2. The van der Waals surface area contributed by atoms with Crippen LogP contribution in [0.15, 0.2) is 23.1 Å². The van der Waals surface area contributed by atoms with Crippen LogP contribution < -0.4 is 19.7 Å². The Bertz CT molecular complexity index is 836. The van der Waals surface area contributed by atoms with Crippen molar-refractivity contribution in [1.29, 1.82) is 0 Å². The number of hydrogen-bond acceptors (Lipinski definition) is 9. The predicted octanol–water partition coefficient (Wildman–Crippen LogP) is -0.735. The Hall–Kier alpha value is -2.59. The number of benzene rings is 1. The van der Waals surface area contributed by atoms with Crippen molar-refractivity contribution in [2.45, 2.75) is 18.9 Å². The van der Waals surface area contributed by atoms with Crippen LogP contribution in [0.2, 0.25) is 0 Å². The van der Waals surface area contributed by atoms with Gasteiger partial charge in [-0.05, 0) is 36.6 Å². The standard InChI is InChI=1S/C16H13NO7S2/c18-13(19)4-2-9(15(21)22)17-14(20)12(26-16(17)25)6-8-1-3-10-11(5-8)24-7-23-10/h1,3,5-6,9H,2,4,7H2,(H,18,19)(H,21,22)/p-2/b12-6-/t9-/m1/s1. The van der Waals surface area contributed by atoms with Gasteiger partial charge in [0.25, 0.3) is 5.91 Å². The number of carboxylic acid groups (broad SMARTS) is 2. The van der Waals surface area contributed by atoms with Crippen LogP contribution >= 0.6 is 24.0 Å². The topological polar surface area (TPSA) is 119 Å². The van der Waals surface area contributed by atoms with Crippen molar-refractivity contribution < 1.29 is 34.1 Å². The molecule has 0 spiro atoms. The van der Waals surface area contributed by atoms with E-state index >= 15 is 0 Å². The van der Waals surface area contributed by atoms with Crippen molar-refractivity contribution in [2.24, 2.45) is 0 Å². The number of carbonyl (C=O) groups excluding carboxylic acids is 3. The van der Waals surface area contributed by atoms with Crippen molar-refractivity contribution >= 4 is 52.2 Å². The molecule has 1 saturated heterocycles. The smallest absolute Gasteiger partial charge is 0.266 e. The highest BCUT2D eigenvalue weighted by molar-refractivity contribution is 8.26. The molecule has 1 aromatic rings. The fraction of sp³-hybridized carbons (Fsp3) is 0.250. The Kier molecular flexibility index (Phi) is 5.14. The first-order valence-electron chi connectivity index (χ1n) is 7.44. The number of amides is 1. The summed E-state index contributed by atoms with van der Waals surface area (Å²) in [5.74, 6) is -2.49. The third kappa shape index (κ3) is 3.65. The van der Waals surface area contributed by atoms with Crippen molar-refractivity contribution in [3.63, 3.8) is 0 Å². The average molecular weight is 393 g/mol. The zero-order valence-corrected chi connectivity index (χ0v) is 14.8. The molecule has 0 unspecified atom stereocenters. The van der Waals surface area contributed by atoms with Gasteiger partial charge in [-0.1, -0.05) is 30.0 Å². The summed E-state index contributed by atoms with van der Waals surface area (Å²) in [6, 6.07) is 3.62. The highest BCUT2D eigenvalue weighted by Crippen LogP contribution is 2.37. The maximum atomic E-state index is 12.6. The Morgan fingerprint density at radius 1 is 1.31 bits per heavy atom. The van der Waals surface area contributed by atoms with E-state index in [9.17, 15) is 24.6 Å². The van der Waals surface area contributed by atoms with Crippen LogP contribution in [0.3, 0.4) is 0 Å². The molecule has 1 fully saturated rings. The molecule has 136 valence electrons. The largest absolute Gasteiger partial charge is 0.550 e. The van der Waals surface area contributed by atoms with Gasteiger partial charge < -0.3 is 29.3 Å². The molecular formula is C16H11NO7S2-2. The van der Waals surface area contributed by atoms with Gasteiger partial charge >= 0.3 is 0 Å². The molecule has 3 rings (SSSR count). The van der Waals surface area contributed by atoms with Crippen LogP contribution in [-0.4, -0.2) is 39.9 Å². The lowest BCUT2D eigenvalue weighted by atomic mass is 10.1. The summed E-state index contributed by atoms with van der Waals surface area (Å²) in [7, 11) is 0. The molecule has 1 amide bonds. The molecule has 0 bridgehead atoms. The van der Waals surface area contributed by atoms with Crippen LogP contribution in [0.1, 0.15) is 18.4 Å². The number of carbonyl (C=O) groups is 3. The minimum atomic E-state index is -1.58. The summed E-state index contributed by atoms with van der Waals surface area (Å²) in [5.41, 5.74) is 0.648. The molecule has 0 saturated carbocycles. The van der Waals surface area contributed by atoms with Gasteiger partial charge in [-0.3, -0.25) is 9.69 Å². The third-order valence-corrected chi connectivity index (χ3v) is 5.05. The lowest BCUT2D eigenvalue weighted by Crippen LogP contribution is -2.50. The highest BCUT2D eigenvalue weighted by atomic mass is 32.2. The summed E-state index contributed by atoms with van der Waals surface area (Å²) in [4.78, 5) is 35.6. The second kappa shape index (κ2) is 7.34. The number of rotatable bonds is 6. The van der Waals surface area contributed by atoms with Crippen LogP contribution in [0.5, 0.6) is 11.5 Å². The van der Waals surface area contributed by atoms with E-state index in [4.69, 9.17) is 21.7 Å². The number of thiocarbonyl (C=S) groups is 1. The van der Waals surface area contributed by atoms with Crippen LogP contribution in [0, 0.1) is 0 Å². The van der Waals surface area contributed by atoms with E-state index < -0.39 is 30.3 Å². The van der Waals surface area contributed by atoms with Gasteiger partial charge in [-0.15, -0.1) is 0 Å². The minimum Gasteiger partial charge on any atom is -0.550 e. The summed E-state index contributed by atoms with van der Waals surface area (Å²) >= 11 is 6.03. The van der Waals surface area contributed by atoms with Crippen molar-refractivity contribution in [3.05, 3.63) is 28.7 Å². The molecule has 2 aliphatic heterocycles. The molecule has 2 heterocycles. The Morgan fingerprint density at radius 3 is 2.73 bits per heavy atom. The highest BCUT2D eigenvalue weighted by Gasteiger charge is 2.37. The molecule has 1 atom stereocenters. The lowest BCUT2D eigenvalue weighted by Gasteiger charge is -2.27. The third-order valence-electron chi connectivity index (χ3n) is 3.72. The Balaban J connectivity index is 1.83. The quantitative estimate of drug-likeness (QED) is 0.455. The molecule has 10 heteroatoms. The zero-order chi connectivity index (χ0) is 18.8. The second-order valence-corrected chi connectivity index (χ2v) is 7.09. The molecule has 0 aliphatic carbocycles. The van der Waals surface area contributed by atoms with E-state index in [0.717, 1.165) is 16.7 Å². The number of hydrogen-bond donors (Lipinski definition) is 0. The first kappa shape index (κ1) is 18.2. The van der Waals surface area contributed by atoms with Gasteiger partial charge in [-0.25, -0.2) is 0 Å².